The fraction of sp³-hybridized carbons (Fsp3) is 0.412. The fourth-order valence-corrected chi connectivity index (χ4v) is 2.51. The van der Waals surface area contributed by atoms with Crippen molar-refractivity contribution in [1.29, 1.82) is 0 Å². The lowest BCUT2D eigenvalue weighted by Gasteiger charge is -2.13. The average Bonchev–Trinajstić information content (AvgIpc) is 2.55. The van der Waals surface area contributed by atoms with Gasteiger partial charge >= 0.3 is 18.0 Å². The van der Waals surface area contributed by atoms with Crippen molar-refractivity contribution >= 4 is 17.5 Å². The molecule has 130 valence electrons. The third kappa shape index (κ3) is 5.40. The lowest BCUT2D eigenvalue weighted by atomic mass is 9.97. The molecular weight excluding hydrogens is 321 g/mol. The highest BCUT2D eigenvalue weighted by molar-refractivity contribution is 6.39. The third-order valence-corrected chi connectivity index (χ3v) is 3.77. The van der Waals surface area contributed by atoms with Crippen molar-refractivity contribution in [3.8, 4) is 0 Å². The molecule has 2 amide bonds. The first-order valence-corrected chi connectivity index (χ1v) is 7.80. The van der Waals surface area contributed by atoms with Gasteiger partial charge in [0.25, 0.3) is 0 Å². The maximum Gasteiger partial charge on any atom is 0.416 e. The van der Waals surface area contributed by atoms with Crippen LogP contribution in [0.1, 0.15) is 37.7 Å². The Hall–Kier alpha value is -2.31. The monoisotopic (exact) mass is 340 g/mol. The van der Waals surface area contributed by atoms with Crippen LogP contribution in [0.4, 0.5) is 18.9 Å². The molecule has 0 bridgehead atoms. The SMILES string of the molecule is O=C(NCCC1=CCCCC1)C(=O)Nc1cccc(C(F)(F)F)c1. The van der Waals surface area contributed by atoms with Crippen LogP contribution in [0.5, 0.6) is 0 Å². The summed E-state index contributed by atoms with van der Waals surface area (Å²) in [4.78, 5) is 23.4. The number of nitrogens with one attached hydrogen (secondary N) is 2. The van der Waals surface area contributed by atoms with E-state index in [0.29, 0.717) is 13.0 Å². The Labute approximate surface area is 138 Å². The number of anilines is 1. The van der Waals surface area contributed by atoms with Crippen molar-refractivity contribution in [1.82, 2.24) is 5.32 Å². The Kier molecular flexibility index (Phi) is 6.00. The highest BCUT2D eigenvalue weighted by atomic mass is 19.4. The number of hydrogen-bond acceptors (Lipinski definition) is 2. The van der Waals surface area contributed by atoms with E-state index in [2.05, 4.69) is 16.7 Å². The van der Waals surface area contributed by atoms with Crippen LogP contribution in [0.2, 0.25) is 0 Å². The van der Waals surface area contributed by atoms with Gasteiger partial charge in [0.05, 0.1) is 5.56 Å². The normalized spacial score (nSPS) is 14.7. The predicted octanol–water partition coefficient (Wildman–Crippen LogP) is 3.65. The van der Waals surface area contributed by atoms with Crippen molar-refractivity contribution in [3.63, 3.8) is 0 Å². The second kappa shape index (κ2) is 7.99. The molecule has 0 radical (unpaired) electrons. The van der Waals surface area contributed by atoms with E-state index in [1.54, 1.807) is 0 Å². The van der Waals surface area contributed by atoms with Gasteiger partial charge in [-0.15, -0.1) is 0 Å². The molecule has 0 heterocycles. The summed E-state index contributed by atoms with van der Waals surface area (Å²) in [6, 6.07) is 4.16. The zero-order valence-electron chi connectivity index (χ0n) is 13.1. The molecule has 1 aromatic carbocycles. The molecule has 1 aliphatic rings. The van der Waals surface area contributed by atoms with E-state index in [0.717, 1.165) is 31.4 Å². The number of amides is 2. The standard InChI is InChI=1S/C17H19F3N2O2/c18-17(19,20)13-7-4-8-14(11-13)22-16(24)15(23)21-10-9-12-5-2-1-3-6-12/h4-5,7-8,11H,1-3,6,9-10H2,(H,21,23)(H,22,24). The quantitative estimate of drug-likeness (QED) is 0.649. The van der Waals surface area contributed by atoms with Gasteiger partial charge in [0.2, 0.25) is 0 Å². The fourth-order valence-electron chi connectivity index (χ4n) is 2.51. The molecule has 1 aromatic rings. The van der Waals surface area contributed by atoms with Gasteiger partial charge in [-0.2, -0.15) is 13.2 Å². The Morgan fingerprint density at radius 1 is 1.12 bits per heavy atom. The van der Waals surface area contributed by atoms with Gasteiger partial charge in [-0.05, 0) is 50.3 Å². The molecule has 0 atom stereocenters. The Morgan fingerprint density at radius 2 is 1.92 bits per heavy atom. The molecule has 0 saturated heterocycles. The van der Waals surface area contributed by atoms with Gasteiger partial charge in [0, 0.05) is 12.2 Å². The van der Waals surface area contributed by atoms with E-state index in [4.69, 9.17) is 0 Å². The molecule has 0 aromatic heterocycles. The van der Waals surface area contributed by atoms with Crippen LogP contribution in [0.15, 0.2) is 35.9 Å². The number of carbonyl (C=O) groups is 2. The van der Waals surface area contributed by atoms with E-state index in [9.17, 15) is 22.8 Å². The topological polar surface area (TPSA) is 58.2 Å². The van der Waals surface area contributed by atoms with Crippen molar-refractivity contribution in [2.75, 3.05) is 11.9 Å². The number of alkyl halides is 3. The van der Waals surface area contributed by atoms with Crippen LogP contribution in [-0.2, 0) is 15.8 Å². The Bertz CT molecular complexity index is 639. The molecule has 2 N–H and O–H groups in total. The molecule has 1 aliphatic carbocycles. The maximum absolute atomic E-state index is 12.6. The summed E-state index contributed by atoms with van der Waals surface area (Å²) in [5, 5.41) is 4.66. The summed E-state index contributed by atoms with van der Waals surface area (Å²) in [5.41, 5.74) is 0.310. The molecule has 0 spiro atoms. The third-order valence-electron chi connectivity index (χ3n) is 3.77. The number of benzene rings is 1. The summed E-state index contributed by atoms with van der Waals surface area (Å²) in [6.07, 6.45) is 2.69. The van der Waals surface area contributed by atoms with Crippen molar-refractivity contribution < 1.29 is 22.8 Å². The van der Waals surface area contributed by atoms with Crippen LogP contribution in [-0.4, -0.2) is 18.4 Å². The smallest absolute Gasteiger partial charge is 0.348 e. The number of hydrogen-bond donors (Lipinski definition) is 2. The van der Waals surface area contributed by atoms with Crippen molar-refractivity contribution in [3.05, 3.63) is 41.5 Å². The first-order chi connectivity index (χ1) is 11.4. The molecule has 0 saturated carbocycles. The van der Waals surface area contributed by atoms with Gasteiger partial charge in [-0.25, -0.2) is 0 Å². The Morgan fingerprint density at radius 3 is 2.58 bits per heavy atom. The van der Waals surface area contributed by atoms with E-state index < -0.39 is 23.6 Å². The number of rotatable bonds is 4. The summed E-state index contributed by atoms with van der Waals surface area (Å²) in [5.74, 6) is -1.84. The molecule has 24 heavy (non-hydrogen) atoms. The summed E-state index contributed by atoms with van der Waals surface area (Å²) in [7, 11) is 0. The van der Waals surface area contributed by atoms with Crippen LogP contribution in [0.3, 0.4) is 0 Å². The number of allylic oxidation sites excluding steroid dienone is 1. The van der Waals surface area contributed by atoms with Crippen LogP contribution in [0, 0.1) is 0 Å². The van der Waals surface area contributed by atoms with Gasteiger partial charge in [-0.1, -0.05) is 17.7 Å². The highest BCUT2D eigenvalue weighted by Gasteiger charge is 2.30. The summed E-state index contributed by atoms with van der Waals surface area (Å²) >= 11 is 0. The van der Waals surface area contributed by atoms with Crippen LogP contribution in [0.25, 0.3) is 0 Å². The Balaban J connectivity index is 1.83. The zero-order valence-corrected chi connectivity index (χ0v) is 13.1. The average molecular weight is 340 g/mol. The van der Waals surface area contributed by atoms with E-state index >= 15 is 0 Å². The number of halogens is 3. The van der Waals surface area contributed by atoms with Crippen molar-refractivity contribution in [2.45, 2.75) is 38.3 Å². The highest BCUT2D eigenvalue weighted by Crippen LogP contribution is 2.30. The maximum atomic E-state index is 12.6. The number of carbonyl (C=O) groups excluding carboxylic acids is 2. The minimum atomic E-state index is -4.50. The minimum Gasteiger partial charge on any atom is -0.348 e. The van der Waals surface area contributed by atoms with Gasteiger partial charge in [-0.3, -0.25) is 9.59 Å². The minimum absolute atomic E-state index is 0.0695. The lowest BCUT2D eigenvalue weighted by Crippen LogP contribution is -2.36. The molecule has 7 heteroatoms. The predicted molar refractivity (Wildman–Crippen MR) is 84.3 cm³/mol. The molecule has 2 rings (SSSR count). The first-order valence-electron chi connectivity index (χ1n) is 7.80. The molecule has 4 nitrogen and oxygen atoms in total. The largest absolute Gasteiger partial charge is 0.416 e. The molecular formula is C17H19F3N2O2. The summed E-state index contributed by atoms with van der Waals surface area (Å²) < 4.78 is 37.8. The van der Waals surface area contributed by atoms with Crippen molar-refractivity contribution in [2.24, 2.45) is 0 Å². The molecule has 0 unspecified atom stereocenters. The van der Waals surface area contributed by atoms with Crippen LogP contribution >= 0.6 is 0 Å². The van der Waals surface area contributed by atoms with Gasteiger partial charge in [0.15, 0.2) is 0 Å². The van der Waals surface area contributed by atoms with E-state index in [1.807, 2.05) is 0 Å². The summed E-state index contributed by atoms with van der Waals surface area (Å²) in [6.45, 7) is 0.334. The van der Waals surface area contributed by atoms with Gasteiger partial charge < -0.3 is 10.6 Å². The molecule has 0 fully saturated rings. The molecule has 0 aliphatic heterocycles. The second-order valence-corrected chi connectivity index (χ2v) is 5.65. The lowest BCUT2D eigenvalue weighted by molar-refractivity contribution is -0.137. The van der Waals surface area contributed by atoms with Gasteiger partial charge in [0.1, 0.15) is 0 Å². The first kappa shape index (κ1) is 18.0. The van der Waals surface area contributed by atoms with Crippen LogP contribution < -0.4 is 10.6 Å². The van der Waals surface area contributed by atoms with E-state index in [1.165, 1.54) is 24.1 Å². The second-order valence-electron chi connectivity index (χ2n) is 5.65. The van der Waals surface area contributed by atoms with E-state index in [-0.39, 0.29) is 5.69 Å². The zero-order chi connectivity index (χ0) is 17.6.